The Morgan fingerprint density at radius 2 is 1.60 bits per heavy atom. The summed E-state index contributed by atoms with van der Waals surface area (Å²) in [5.41, 5.74) is 4.54. The molecule has 182 valence electrons. The Bertz CT molecular complexity index is 1130. The van der Waals surface area contributed by atoms with Crippen LogP contribution in [0.15, 0.2) is 66.0 Å². The highest BCUT2D eigenvalue weighted by Crippen LogP contribution is 2.44. The van der Waals surface area contributed by atoms with E-state index in [1.54, 1.807) is 6.07 Å². The standard InChI is InChI=1S/C27H28N2O5S/c30-24(31)14-2-1-7-15-28-26(32)25(23-13-8-16-35-23)29-27(33)34-17-22-20-11-5-3-9-18(20)19-10-4-6-12-21(19)22/h3-6,8-13,16,22,25H,1-2,7,14-15,17H2,(H,28,32)(H,29,33)(H,30,31). The summed E-state index contributed by atoms with van der Waals surface area (Å²) >= 11 is 1.38. The molecule has 0 aliphatic heterocycles. The molecular formula is C27H28N2O5S. The molecule has 1 aromatic heterocycles. The van der Waals surface area contributed by atoms with Gasteiger partial charge in [-0.2, -0.15) is 0 Å². The van der Waals surface area contributed by atoms with E-state index >= 15 is 0 Å². The van der Waals surface area contributed by atoms with Crippen LogP contribution in [0.4, 0.5) is 4.79 Å². The average Bonchev–Trinajstić information content (AvgIpc) is 3.50. The van der Waals surface area contributed by atoms with Gasteiger partial charge in [0.25, 0.3) is 0 Å². The number of amides is 2. The lowest BCUT2D eigenvalue weighted by atomic mass is 9.98. The molecule has 1 aliphatic carbocycles. The number of alkyl carbamates (subject to hydrolysis) is 1. The molecule has 2 amide bonds. The Morgan fingerprint density at radius 3 is 2.23 bits per heavy atom. The summed E-state index contributed by atoms with van der Waals surface area (Å²) in [6.45, 7) is 0.578. The number of aliphatic carboxylic acids is 1. The minimum Gasteiger partial charge on any atom is -0.481 e. The van der Waals surface area contributed by atoms with Crippen molar-refractivity contribution >= 4 is 29.3 Å². The van der Waals surface area contributed by atoms with Gasteiger partial charge in [0.05, 0.1) is 0 Å². The van der Waals surface area contributed by atoms with Crippen molar-refractivity contribution in [3.63, 3.8) is 0 Å². The third kappa shape index (κ3) is 6.08. The van der Waals surface area contributed by atoms with Gasteiger partial charge in [-0.25, -0.2) is 4.79 Å². The molecule has 0 fully saturated rings. The molecule has 7 nitrogen and oxygen atoms in total. The van der Waals surface area contributed by atoms with Crippen molar-refractivity contribution in [1.29, 1.82) is 0 Å². The van der Waals surface area contributed by atoms with Gasteiger partial charge in [0.1, 0.15) is 12.6 Å². The minimum atomic E-state index is -0.857. The van der Waals surface area contributed by atoms with Crippen molar-refractivity contribution < 1.29 is 24.2 Å². The molecule has 1 unspecified atom stereocenters. The van der Waals surface area contributed by atoms with E-state index in [4.69, 9.17) is 9.84 Å². The van der Waals surface area contributed by atoms with Crippen LogP contribution < -0.4 is 10.6 Å². The molecule has 0 spiro atoms. The zero-order chi connectivity index (χ0) is 24.6. The molecule has 3 N–H and O–H groups in total. The quantitative estimate of drug-likeness (QED) is 0.324. The Kier molecular flexibility index (Phi) is 8.15. The van der Waals surface area contributed by atoms with Crippen LogP contribution in [0.2, 0.25) is 0 Å². The number of fused-ring (bicyclic) bond motifs is 3. The summed E-state index contributed by atoms with van der Waals surface area (Å²) in [5.74, 6) is -1.20. The second kappa shape index (κ2) is 11.7. The highest BCUT2D eigenvalue weighted by Gasteiger charge is 2.30. The Hall–Kier alpha value is -3.65. The van der Waals surface area contributed by atoms with E-state index < -0.39 is 18.1 Å². The molecule has 1 aliphatic rings. The number of rotatable bonds is 11. The Morgan fingerprint density at radius 1 is 0.914 bits per heavy atom. The smallest absolute Gasteiger partial charge is 0.408 e. The number of carboxylic acids is 1. The monoisotopic (exact) mass is 492 g/mol. The van der Waals surface area contributed by atoms with Gasteiger partial charge >= 0.3 is 12.1 Å². The van der Waals surface area contributed by atoms with E-state index in [0.717, 1.165) is 22.3 Å². The third-order valence-electron chi connectivity index (χ3n) is 6.06. The lowest BCUT2D eigenvalue weighted by Gasteiger charge is -2.19. The SMILES string of the molecule is O=C(O)CCCCCNC(=O)C(NC(=O)OCC1c2ccccc2-c2ccccc21)c1cccs1. The van der Waals surface area contributed by atoms with E-state index in [1.165, 1.54) is 11.3 Å². The number of unbranched alkanes of at least 4 members (excludes halogenated alkanes) is 2. The van der Waals surface area contributed by atoms with Gasteiger partial charge in [0.15, 0.2) is 0 Å². The Labute approximate surface area is 208 Å². The lowest BCUT2D eigenvalue weighted by Crippen LogP contribution is -2.40. The normalized spacial score (nSPS) is 12.9. The predicted molar refractivity (Wildman–Crippen MR) is 134 cm³/mol. The van der Waals surface area contributed by atoms with E-state index in [1.807, 2.05) is 35.7 Å². The highest BCUT2D eigenvalue weighted by molar-refractivity contribution is 7.10. The topological polar surface area (TPSA) is 105 Å². The lowest BCUT2D eigenvalue weighted by molar-refractivity contribution is -0.137. The minimum absolute atomic E-state index is 0.0621. The van der Waals surface area contributed by atoms with Crippen molar-refractivity contribution in [3.05, 3.63) is 82.0 Å². The highest BCUT2D eigenvalue weighted by atomic mass is 32.1. The number of hydrogen-bond donors (Lipinski definition) is 3. The molecule has 2 aromatic carbocycles. The number of carbonyl (C=O) groups is 3. The van der Waals surface area contributed by atoms with Gasteiger partial charge in [-0.3, -0.25) is 9.59 Å². The zero-order valence-corrected chi connectivity index (χ0v) is 20.1. The maximum Gasteiger partial charge on any atom is 0.408 e. The molecule has 8 heteroatoms. The maximum atomic E-state index is 12.8. The fourth-order valence-corrected chi connectivity index (χ4v) is 5.14. The van der Waals surface area contributed by atoms with Gasteiger partial charge < -0.3 is 20.5 Å². The number of nitrogens with one attached hydrogen (secondary N) is 2. The van der Waals surface area contributed by atoms with Crippen molar-refractivity contribution in [1.82, 2.24) is 10.6 Å². The molecular weight excluding hydrogens is 464 g/mol. The van der Waals surface area contributed by atoms with Gasteiger partial charge in [-0.05, 0) is 46.5 Å². The first-order valence-corrected chi connectivity index (χ1v) is 12.6. The van der Waals surface area contributed by atoms with Crippen LogP contribution in [0.5, 0.6) is 0 Å². The average molecular weight is 493 g/mol. The number of hydrogen-bond acceptors (Lipinski definition) is 5. The van der Waals surface area contributed by atoms with E-state index in [9.17, 15) is 14.4 Å². The molecule has 4 rings (SSSR count). The second-order valence-electron chi connectivity index (χ2n) is 8.41. The molecule has 0 bridgehead atoms. The Balaban J connectivity index is 1.34. The molecule has 3 aromatic rings. The van der Waals surface area contributed by atoms with Crippen LogP contribution in [0, 0.1) is 0 Å². The van der Waals surface area contributed by atoms with Crippen LogP contribution in [-0.4, -0.2) is 36.2 Å². The fraction of sp³-hybridized carbons (Fsp3) is 0.296. The zero-order valence-electron chi connectivity index (χ0n) is 19.2. The first-order valence-electron chi connectivity index (χ1n) is 11.7. The van der Waals surface area contributed by atoms with Crippen LogP contribution in [0.1, 0.15) is 53.6 Å². The molecule has 0 saturated heterocycles. The molecule has 1 heterocycles. The summed E-state index contributed by atoms with van der Waals surface area (Å²) in [7, 11) is 0. The fourth-order valence-electron chi connectivity index (χ4n) is 4.37. The summed E-state index contributed by atoms with van der Waals surface area (Å²) < 4.78 is 5.62. The molecule has 0 saturated carbocycles. The summed E-state index contributed by atoms with van der Waals surface area (Å²) in [6.07, 6.45) is 1.41. The maximum absolute atomic E-state index is 12.8. The van der Waals surface area contributed by atoms with Crippen LogP contribution in [0.3, 0.4) is 0 Å². The summed E-state index contributed by atoms with van der Waals surface area (Å²) in [4.78, 5) is 36.9. The van der Waals surface area contributed by atoms with Gasteiger partial charge in [0, 0.05) is 23.8 Å². The number of ether oxygens (including phenoxy) is 1. The van der Waals surface area contributed by atoms with Crippen molar-refractivity contribution in [2.45, 2.75) is 37.6 Å². The van der Waals surface area contributed by atoms with Crippen molar-refractivity contribution in [2.75, 3.05) is 13.2 Å². The van der Waals surface area contributed by atoms with E-state index in [-0.39, 0.29) is 24.9 Å². The number of benzene rings is 2. The summed E-state index contributed by atoms with van der Waals surface area (Å²) in [5, 5.41) is 16.1. The van der Waals surface area contributed by atoms with Crippen LogP contribution >= 0.6 is 11.3 Å². The second-order valence-corrected chi connectivity index (χ2v) is 9.39. The number of carboxylic acid groups (broad SMARTS) is 1. The predicted octanol–water partition coefficient (Wildman–Crippen LogP) is 5.09. The number of thiophene rings is 1. The van der Waals surface area contributed by atoms with E-state index in [2.05, 4.69) is 34.9 Å². The molecule has 0 radical (unpaired) electrons. The van der Waals surface area contributed by atoms with Crippen LogP contribution in [-0.2, 0) is 14.3 Å². The van der Waals surface area contributed by atoms with Crippen molar-refractivity contribution in [3.8, 4) is 11.1 Å². The van der Waals surface area contributed by atoms with Gasteiger partial charge in [0.2, 0.25) is 5.91 Å². The molecule has 35 heavy (non-hydrogen) atoms. The molecule has 1 atom stereocenters. The third-order valence-corrected chi connectivity index (χ3v) is 7.00. The van der Waals surface area contributed by atoms with Crippen LogP contribution in [0.25, 0.3) is 11.1 Å². The van der Waals surface area contributed by atoms with E-state index in [0.29, 0.717) is 30.7 Å². The summed E-state index contributed by atoms with van der Waals surface area (Å²) in [6, 6.07) is 19.0. The van der Waals surface area contributed by atoms with Gasteiger partial charge in [-0.1, -0.05) is 61.0 Å². The van der Waals surface area contributed by atoms with Gasteiger partial charge in [-0.15, -0.1) is 11.3 Å². The first kappa shape index (κ1) is 24.5. The largest absolute Gasteiger partial charge is 0.481 e. The van der Waals surface area contributed by atoms with Crippen molar-refractivity contribution in [2.24, 2.45) is 0 Å². The first-order chi connectivity index (χ1) is 17.0. The number of carbonyl (C=O) groups excluding carboxylic acids is 2.